The van der Waals surface area contributed by atoms with Crippen molar-refractivity contribution < 1.29 is 14.8 Å². The Morgan fingerprint density at radius 2 is 2.11 bits per heavy atom. The molecular weight excluding hydrogens is 272 g/mol. The fraction of sp³-hybridized carbons (Fsp3) is 0.500. The standard InChI is InChI=1S/C12H16N2O4.ClH/c1-12(2)11(15)10(13-3)8-6-7(14(16)17)4-5-9(8)18-12;/h4-6,10-11,13,15H,1-3H3;1H/t10-,11+;/m1./s1. The molecule has 0 saturated carbocycles. The van der Waals surface area contributed by atoms with Crippen LogP contribution in [0.15, 0.2) is 18.2 Å². The summed E-state index contributed by atoms with van der Waals surface area (Å²) in [5, 5.41) is 24.0. The molecule has 0 spiro atoms. The number of rotatable bonds is 2. The van der Waals surface area contributed by atoms with Crippen LogP contribution in [-0.2, 0) is 0 Å². The van der Waals surface area contributed by atoms with E-state index in [1.807, 2.05) is 0 Å². The molecule has 1 aromatic carbocycles. The Kier molecular flexibility index (Phi) is 4.39. The Morgan fingerprint density at radius 3 is 2.63 bits per heavy atom. The molecule has 1 aliphatic rings. The zero-order chi connectivity index (χ0) is 13.5. The van der Waals surface area contributed by atoms with Gasteiger partial charge in [-0.2, -0.15) is 0 Å². The quantitative estimate of drug-likeness (QED) is 0.640. The second-order valence-corrected chi connectivity index (χ2v) is 4.90. The number of nitrogens with one attached hydrogen (secondary N) is 1. The van der Waals surface area contributed by atoms with E-state index in [9.17, 15) is 15.2 Å². The SMILES string of the molecule is CN[C@@H]1c2cc([N+](=O)[O-])ccc2OC(C)(C)[C@H]1O.Cl. The zero-order valence-corrected chi connectivity index (χ0v) is 11.7. The van der Waals surface area contributed by atoms with Crippen LogP contribution in [0.5, 0.6) is 5.75 Å². The van der Waals surface area contributed by atoms with Crippen molar-refractivity contribution >= 4 is 18.1 Å². The van der Waals surface area contributed by atoms with Crippen LogP contribution in [0.3, 0.4) is 0 Å². The third kappa shape index (κ3) is 2.65. The molecule has 19 heavy (non-hydrogen) atoms. The smallest absolute Gasteiger partial charge is 0.270 e. The molecule has 0 aliphatic carbocycles. The van der Waals surface area contributed by atoms with E-state index < -0.39 is 16.6 Å². The second-order valence-electron chi connectivity index (χ2n) is 4.90. The maximum atomic E-state index is 10.8. The summed E-state index contributed by atoms with van der Waals surface area (Å²) in [6.45, 7) is 3.57. The highest BCUT2D eigenvalue weighted by molar-refractivity contribution is 5.85. The molecule has 2 N–H and O–H groups in total. The van der Waals surface area contributed by atoms with Gasteiger partial charge in [0.25, 0.3) is 5.69 Å². The summed E-state index contributed by atoms with van der Waals surface area (Å²) in [7, 11) is 1.71. The van der Waals surface area contributed by atoms with Gasteiger partial charge < -0.3 is 15.2 Å². The molecule has 2 rings (SSSR count). The summed E-state index contributed by atoms with van der Waals surface area (Å²) in [5.74, 6) is 0.565. The summed E-state index contributed by atoms with van der Waals surface area (Å²) >= 11 is 0. The van der Waals surface area contributed by atoms with Crippen molar-refractivity contribution in [2.75, 3.05) is 7.05 Å². The number of benzene rings is 1. The molecule has 0 saturated heterocycles. The number of fused-ring (bicyclic) bond motifs is 1. The predicted molar refractivity (Wildman–Crippen MR) is 72.9 cm³/mol. The third-order valence-electron chi connectivity index (χ3n) is 3.25. The molecule has 0 bridgehead atoms. The van der Waals surface area contributed by atoms with Crippen molar-refractivity contribution in [1.82, 2.24) is 5.32 Å². The van der Waals surface area contributed by atoms with Crippen molar-refractivity contribution in [3.8, 4) is 5.75 Å². The number of nitro benzene ring substituents is 1. The van der Waals surface area contributed by atoms with Gasteiger partial charge in [-0.25, -0.2) is 0 Å². The predicted octanol–water partition coefficient (Wildman–Crippen LogP) is 1.81. The van der Waals surface area contributed by atoms with Gasteiger partial charge in [-0.1, -0.05) is 0 Å². The van der Waals surface area contributed by atoms with Crippen molar-refractivity contribution in [2.24, 2.45) is 0 Å². The van der Waals surface area contributed by atoms with Gasteiger partial charge in [-0.3, -0.25) is 10.1 Å². The molecular formula is C12H17ClN2O4. The fourth-order valence-corrected chi connectivity index (χ4v) is 2.21. The van der Waals surface area contributed by atoms with Crippen LogP contribution in [0.25, 0.3) is 0 Å². The lowest BCUT2D eigenvalue weighted by molar-refractivity contribution is -0.385. The molecule has 0 fully saturated rings. The van der Waals surface area contributed by atoms with Crippen LogP contribution in [0.2, 0.25) is 0 Å². The lowest BCUT2D eigenvalue weighted by atomic mass is 9.86. The first-order chi connectivity index (χ1) is 8.36. The number of aliphatic hydroxyl groups is 1. The number of hydrogen-bond donors (Lipinski definition) is 2. The van der Waals surface area contributed by atoms with E-state index >= 15 is 0 Å². The van der Waals surface area contributed by atoms with Crippen molar-refractivity contribution in [3.63, 3.8) is 0 Å². The topological polar surface area (TPSA) is 84.6 Å². The van der Waals surface area contributed by atoms with Crippen LogP contribution in [0, 0.1) is 10.1 Å². The van der Waals surface area contributed by atoms with Crippen molar-refractivity contribution in [3.05, 3.63) is 33.9 Å². The average molecular weight is 289 g/mol. The van der Waals surface area contributed by atoms with Crippen LogP contribution in [-0.4, -0.2) is 28.8 Å². The van der Waals surface area contributed by atoms with E-state index in [1.54, 1.807) is 27.0 Å². The first-order valence-electron chi connectivity index (χ1n) is 5.69. The van der Waals surface area contributed by atoms with E-state index in [0.717, 1.165) is 0 Å². The van der Waals surface area contributed by atoms with E-state index in [-0.39, 0.29) is 24.1 Å². The molecule has 0 unspecified atom stereocenters. The molecule has 6 nitrogen and oxygen atoms in total. The van der Waals surface area contributed by atoms with E-state index in [4.69, 9.17) is 4.74 Å². The molecule has 0 amide bonds. The van der Waals surface area contributed by atoms with Crippen molar-refractivity contribution in [2.45, 2.75) is 31.6 Å². The third-order valence-corrected chi connectivity index (χ3v) is 3.25. The van der Waals surface area contributed by atoms with Crippen molar-refractivity contribution in [1.29, 1.82) is 0 Å². The maximum Gasteiger partial charge on any atom is 0.270 e. The van der Waals surface area contributed by atoms with Crippen LogP contribution < -0.4 is 10.1 Å². The highest BCUT2D eigenvalue weighted by Crippen LogP contribution is 2.40. The van der Waals surface area contributed by atoms with Crippen LogP contribution >= 0.6 is 12.4 Å². The lowest BCUT2D eigenvalue weighted by Crippen LogP contribution is -2.51. The van der Waals surface area contributed by atoms with Gasteiger partial charge in [0.15, 0.2) is 0 Å². The van der Waals surface area contributed by atoms with E-state index in [1.165, 1.54) is 12.1 Å². The normalized spacial score (nSPS) is 23.8. The highest BCUT2D eigenvalue weighted by atomic mass is 35.5. The Bertz CT molecular complexity index is 493. The molecule has 1 aliphatic heterocycles. The number of hydrogen-bond acceptors (Lipinski definition) is 5. The fourth-order valence-electron chi connectivity index (χ4n) is 2.21. The first kappa shape index (κ1) is 15.7. The average Bonchev–Trinajstić information content (AvgIpc) is 2.30. The minimum absolute atomic E-state index is 0. The minimum Gasteiger partial charge on any atom is -0.485 e. The Hall–Kier alpha value is -1.37. The van der Waals surface area contributed by atoms with E-state index in [0.29, 0.717) is 11.3 Å². The largest absolute Gasteiger partial charge is 0.485 e. The summed E-state index contributed by atoms with van der Waals surface area (Å²) in [5.41, 5.74) is -0.139. The lowest BCUT2D eigenvalue weighted by Gasteiger charge is -2.41. The van der Waals surface area contributed by atoms with Gasteiger partial charge in [0.1, 0.15) is 17.5 Å². The van der Waals surface area contributed by atoms with E-state index in [2.05, 4.69) is 5.32 Å². The Labute approximate surface area is 117 Å². The molecule has 0 radical (unpaired) electrons. The second kappa shape index (κ2) is 5.32. The number of likely N-dealkylation sites (N-methyl/N-ethyl adjacent to an activating group) is 1. The zero-order valence-electron chi connectivity index (χ0n) is 10.9. The Morgan fingerprint density at radius 1 is 1.47 bits per heavy atom. The molecule has 2 atom stereocenters. The summed E-state index contributed by atoms with van der Waals surface area (Å²) in [6.07, 6.45) is -0.781. The molecule has 7 heteroatoms. The van der Waals surface area contributed by atoms with Gasteiger partial charge in [-0.15, -0.1) is 12.4 Å². The Balaban J connectivity index is 0.00000180. The number of halogens is 1. The number of nitrogens with zero attached hydrogens (tertiary/aromatic N) is 1. The molecule has 1 heterocycles. The number of aliphatic hydroxyl groups excluding tert-OH is 1. The van der Waals surface area contributed by atoms with Gasteiger partial charge >= 0.3 is 0 Å². The van der Waals surface area contributed by atoms with Crippen LogP contribution in [0.4, 0.5) is 5.69 Å². The summed E-state index contributed by atoms with van der Waals surface area (Å²) in [6, 6.07) is 4.03. The van der Waals surface area contributed by atoms with Gasteiger partial charge in [0, 0.05) is 17.7 Å². The monoisotopic (exact) mass is 288 g/mol. The molecule has 0 aromatic heterocycles. The minimum atomic E-state index is -0.781. The summed E-state index contributed by atoms with van der Waals surface area (Å²) < 4.78 is 5.69. The number of ether oxygens (including phenoxy) is 1. The maximum absolute atomic E-state index is 10.8. The molecule has 1 aromatic rings. The van der Waals surface area contributed by atoms with Gasteiger partial charge in [0.2, 0.25) is 0 Å². The van der Waals surface area contributed by atoms with Crippen LogP contribution in [0.1, 0.15) is 25.5 Å². The molecule has 106 valence electrons. The first-order valence-corrected chi connectivity index (χ1v) is 5.69. The highest BCUT2D eigenvalue weighted by Gasteiger charge is 2.42. The van der Waals surface area contributed by atoms with Gasteiger partial charge in [0.05, 0.1) is 11.0 Å². The number of non-ortho nitro benzene ring substituents is 1. The summed E-state index contributed by atoms with van der Waals surface area (Å²) in [4.78, 5) is 10.3. The number of nitro groups is 1. The van der Waals surface area contributed by atoms with Gasteiger partial charge in [-0.05, 0) is 27.0 Å².